The zero-order valence-corrected chi connectivity index (χ0v) is 29.7. The molecular weight excluding hydrogens is 644 g/mol. The van der Waals surface area contributed by atoms with Gasteiger partial charge in [0.15, 0.2) is 12.6 Å². The Labute approximate surface area is 292 Å². The second-order valence-corrected chi connectivity index (χ2v) is 13.4. The highest BCUT2D eigenvalue weighted by molar-refractivity contribution is 5.69. The van der Waals surface area contributed by atoms with E-state index in [1.54, 1.807) is 0 Å². The minimum Gasteiger partial charge on any atom is -0.457 e. The Morgan fingerprint density at radius 2 is 1.08 bits per heavy atom. The van der Waals surface area contributed by atoms with Gasteiger partial charge in [0.1, 0.15) is 54.9 Å². The van der Waals surface area contributed by atoms with Gasteiger partial charge < -0.3 is 64.2 Å². The Kier molecular flexibility index (Phi) is 23.3. The summed E-state index contributed by atoms with van der Waals surface area (Å²) in [5.74, 6) is -0.384. The normalized spacial score (nSPS) is 31.1. The van der Waals surface area contributed by atoms with E-state index >= 15 is 0 Å². The molecule has 0 aromatic carbocycles. The van der Waals surface area contributed by atoms with Gasteiger partial charge in [-0.05, 0) is 12.8 Å². The predicted octanol–water partition coefficient (Wildman–Crippen LogP) is 1.84. The van der Waals surface area contributed by atoms with Crippen LogP contribution in [0.25, 0.3) is 0 Å². The SMILES string of the molecule is CCCCCCCCCCC(=O)OC(COCCCCCCCCC)COC1OC(COC2OC(CO)C(O)C(O)C2O)C(O)C(O)C1O. The fraction of sp³-hybridized carbons (Fsp3) is 0.971. The predicted molar refractivity (Wildman–Crippen MR) is 178 cm³/mol. The second-order valence-electron chi connectivity index (χ2n) is 13.4. The van der Waals surface area contributed by atoms with E-state index in [1.165, 1.54) is 51.4 Å². The van der Waals surface area contributed by atoms with Crippen LogP contribution in [-0.4, -0.2) is 142 Å². The highest BCUT2D eigenvalue weighted by Gasteiger charge is 2.47. The van der Waals surface area contributed by atoms with E-state index in [-0.39, 0.29) is 25.6 Å². The molecule has 290 valence electrons. The lowest BCUT2D eigenvalue weighted by Crippen LogP contribution is -2.61. The number of rotatable bonds is 27. The molecule has 14 nitrogen and oxygen atoms in total. The highest BCUT2D eigenvalue weighted by Crippen LogP contribution is 2.26. The number of esters is 1. The minimum absolute atomic E-state index is 0.0661. The van der Waals surface area contributed by atoms with Gasteiger partial charge in [-0.25, -0.2) is 0 Å². The van der Waals surface area contributed by atoms with Crippen LogP contribution in [0.5, 0.6) is 0 Å². The van der Waals surface area contributed by atoms with Gasteiger partial charge in [0, 0.05) is 13.0 Å². The third-order valence-electron chi connectivity index (χ3n) is 9.12. The van der Waals surface area contributed by atoms with Crippen molar-refractivity contribution in [1.82, 2.24) is 0 Å². The Bertz CT molecular complexity index is 834. The standard InChI is InChI=1S/C35H66O14/c1-3-5-7-9-11-12-14-16-18-27(37)47-24(21-44-19-17-15-13-10-8-6-4-2)22-45-34-33(43)31(41)29(39)26(49-34)23-46-35-32(42)30(40)28(38)25(20-36)48-35/h24-26,28-36,38-43H,3-23H2,1-2H3. The van der Waals surface area contributed by atoms with Gasteiger partial charge in [-0.3, -0.25) is 4.79 Å². The molecule has 7 N–H and O–H groups in total. The van der Waals surface area contributed by atoms with E-state index in [1.807, 2.05) is 0 Å². The largest absolute Gasteiger partial charge is 0.457 e. The molecule has 2 heterocycles. The van der Waals surface area contributed by atoms with E-state index in [0.29, 0.717) is 13.0 Å². The first-order chi connectivity index (χ1) is 23.6. The highest BCUT2D eigenvalue weighted by atomic mass is 16.7. The molecule has 2 rings (SSSR count). The summed E-state index contributed by atoms with van der Waals surface area (Å²) in [6, 6.07) is 0. The molecule has 11 unspecified atom stereocenters. The van der Waals surface area contributed by atoms with E-state index < -0.39 is 80.7 Å². The number of hydrogen-bond acceptors (Lipinski definition) is 14. The van der Waals surface area contributed by atoms with Crippen molar-refractivity contribution in [3.05, 3.63) is 0 Å². The number of aliphatic hydroxyl groups is 7. The summed E-state index contributed by atoms with van der Waals surface area (Å²) in [5, 5.41) is 71.3. The van der Waals surface area contributed by atoms with Gasteiger partial charge in [-0.15, -0.1) is 0 Å². The quantitative estimate of drug-likeness (QED) is 0.0479. The molecule has 2 fully saturated rings. The topological polar surface area (TPSA) is 214 Å². The lowest BCUT2D eigenvalue weighted by molar-refractivity contribution is -0.332. The first kappa shape index (κ1) is 44.2. The number of carbonyl (C=O) groups is 1. The maximum Gasteiger partial charge on any atom is 0.306 e. The maximum absolute atomic E-state index is 12.7. The summed E-state index contributed by atoms with van der Waals surface area (Å²) >= 11 is 0. The minimum atomic E-state index is -1.70. The fourth-order valence-electron chi connectivity index (χ4n) is 5.93. The Morgan fingerprint density at radius 3 is 1.65 bits per heavy atom. The molecule has 2 aliphatic rings. The molecule has 2 saturated heterocycles. The molecule has 49 heavy (non-hydrogen) atoms. The zero-order valence-electron chi connectivity index (χ0n) is 29.7. The molecule has 0 aromatic rings. The van der Waals surface area contributed by atoms with Crippen molar-refractivity contribution in [2.24, 2.45) is 0 Å². The molecule has 0 bridgehead atoms. The first-order valence-electron chi connectivity index (χ1n) is 18.6. The van der Waals surface area contributed by atoms with Crippen LogP contribution in [0.3, 0.4) is 0 Å². The van der Waals surface area contributed by atoms with Gasteiger partial charge in [0.25, 0.3) is 0 Å². The monoisotopic (exact) mass is 710 g/mol. The molecular formula is C35H66O14. The number of carbonyl (C=O) groups excluding carboxylic acids is 1. The summed E-state index contributed by atoms with van der Waals surface area (Å²) in [4.78, 5) is 12.7. The van der Waals surface area contributed by atoms with Crippen molar-refractivity contribution in [3.8, 4) is 0 Å². The Morgan fingerprint density at radius 1 is 0.592 bits per heavy atom. The fourth-order valence-corrected chi connectivity index (χ4v) is 5.93. The smallest absolute Gasteiger partial charge is 0.306 e. The summed E-state index contributed by atoms with van der Waals surface area (Å²) in [6.07, 6.45) is 0.810. The third-order valence-corrected chi connectivity index (χ3v) is 9.12. The number of hydrogen-bond donors (Lipinski definition) is 7. The zero-order chi connectivity index (χ0) is 36.0. The second kappa shape index (κ2) is 25.9. The lowest BCUT2D eigenvalue weighted by Gasteiger charge is -2.42. The molecule has 0 radical (unpaired) electrons. The average molecular weight is 711 g/mol. The van der Waals surface area contributed by atoms with E-state index in [9.17, 15) is 40.5 Å². The van der Waals surface area contributed by atoms with Crippen LogP contribution in [0.4, 0.5) is 0 Å². The van der Waals surface area contributed by atoms with Crippen molar-refractivity contribution in [2.45, 2.75) is 184 Å². The molecule has 2 aliphatic heterocycles. The van der Waals surface area contributed by atoms with Crippen LogP contribution < -0.4 is 0 Å². The Balaban J connectivity index is 1.89. The van der Waals surface area contributed by atoms with Crippen molar-refractivity contribution < 1.29 is 69.0 Å². The lowest BCUT2D eigenvalue weighted by atomic mass is 9.98. The maximum atomic E-state index is 12.7. The molecule has 0 aromatic heterocycles. The van der Waals surface area contributed by atoms with Crippen LogP contribution >= 0.6 is 0 Å². The van der Waals surface area contributed by atoms with Crippen molar-refractivity contribution in [3.63, 3.8) is 0 Å². The molecule has 0 spiro atoms. The molecule has 0 amide bonds. The summed E-state index contributed by atoms with van der Waals surface area (Å²) in [6.45, 7) is 3.58. The van der Waals surface area contributed by atoms with Crippen LogP contribution in [0.2, 0.25) is 0 Å². The molecule has 0 saturated carbocycles. The van der Waals surface area contributed by atoms with Gasteiger partial charge in [0.05, 0.1) is 26.4 Å². The molecule has 14 heteroatoms. The average Bonchev–Trinajstić information content (AvgIpc) is 3.09. The van der Waals surface area contributed by atoms with Gasteiger partial charge in [-0.1, -0.05) is 97.3 Å². The van der Waals surface area contributed by atoms with Crippen molar-refractivity contribution >= 4 is 5.97 Å². The number of unbranched alkanes of at least 4 members (excludes halogenated alkanes) is 13. The van der Waals surface area contributed by atoms with Crippen LogP contribution in [0, 0.1) is 0 Å². The number of ether oxygens (including phenoxy) is 6. The van der Waals surface area contributed by atoms with E-state index in [2.05, 4.69) is 13.8 Å². The van der Waals surface area contributed by atoms with Crippen LogP contribution in [0.15, 0.2) is 0 Å². The molecule has 11 atom stereocenters. The third kappa shape index (κ3) is 16.5. The number of aliphatic hydroxyl groups excluding tert-OH is 7. The summed E-state index contributed by atoms with van der Waals surface area (Å²) in [5.41, 5.74) is 0. The summed E-state index contributed by atoms with van der Waals surface area (Å²) < 4.78 is 33.8. The molecule has 0 aliphatic carbocycles. The van der Waals surface area contributed by atoms with E-state index in [0.717, 1.165) is 38.5 Å². The van der Waals surface area contributed by atoms with Gasteiger partial charge in [0.2, 0.25) is 0 Å². The van der Waals surface area contributed by atoms with Crippen molar-refractivity contribution in [1.29, 1.82) is 0 Å². The van der Waals surface area contributed by atoms with Gasteiger partial charge >= 0.3 is 5.97 Å². The Hall–Kier alpha value is -1.01. The van der Waals surface area contributed by atoms with Crippen molar-refractivity contribution in [2.75, 3.05) is 33.0 Å². The first-order valence-corrected chi connectivity index (χ1v) is 18.6. The van der Waals surface area contributed by atoms with Crippen LogP contribution in [0.1, 0.15) is 117 Å². The van der Waals surface area contributed by atoms with Gasteiger partial charge in [-0.2, -0.15) is 0 Å². The van der Waals surface area contributed by atoms with Crippen LogP contribution in [-0.2, 0) is 33.2 Å². The van der Waals surface area contributed by atoms with E-state index in [4.69, 9.17) is 28.4 Å². The summed E-state index contributed by atoms with van der Waals surface area (Å²) in [7, 11) is 0.